The first-order valence-electron chi connectivity index (χ1n) is 11.8. The van der Waals surface area contributed by atoms with Gasteiger partial charge in [-0.1, -0.05) is 55.3 Å². The number of ether oxygens (including phenoxy) is 1. The Morgan fingerprint density at radius 3 is 2.50 bits per heavy atom. The Balaban J connectivity index is 5.78. The molecule has 2 unspecified atom stereocenters. The Hall–Kier alpha value is -1.91. The SMILES string of the molecule is C/C=C/C(=C\C(=C/C(=C/CC)CC)C(=O)NC(C)CCCOCC)CC(C=N)C/C=C/Cl. The highest BCUT2D eigenvalue weighted by molar-refractivity contribution is 6.25. The molecule has 0 rings (SSSR count). The molecular formula is C27H43ClN2O2. The van der Waals surface area contributed by atoms with E-state index in [2.05, 4.69) is 25.2 Å². The third-order valence-corrected chi connectivity index (χ3v) is 5.15. The van der Waals surface area contributed by atoms with Crippen LogP contribution >= 0.6 is 11.6 Å². The number of carbonyl (C=O) groups is 1. The van der Waals surface area contributed by atoms with E-state index in [1.54, 1.807) is 0 Å². The van der Waals surface area contributed by atoms with Gasteiger partial charge >= 0.3 is 0 Å². The number of nitrogens with one attached hydrogen (secondary N) is 2. The zero-order chi connectivity index (χ0) is 24.2. The first-order valence-corrected chi connectivity index (χ1v) is 12.3. The van der Waals surface area contributed by atoms with Crippen LogP contribution in [-0.4, -0.2) is 31.4 Å². The van der Waals surface area contributed by atoms with E-state index in [9.17, 15) is 4.79 Å². The Morgan fingerprint density at radius 2 is 1.94 bits per heavy atom. The minimum atomic E-state index is -0.0709. The van der Waals surface area contributed by atoms with Crippen LogP contribution in [-0.2, 0) is 9.53 Å². The normalized spacial score (nSPS) is 15.4. The van der Waals surface area contributed by atoms with Crippen LogP contribution in [0.15, 0.2) is 58.7 Å². The lowest BCUT2D eigenvalue weighted by molar-refractivity contribution is -0.117. The summed E-state index contributed by atoms with van der Waals surface area (Å²) in [6, 6.07) is 0.0633. The molecule has 0 saturated heterocycles. The average molecular weight is 463 g/mol. The van der Waals surface area contributed by atoms with Crippen molar-refractivity contribution in [3.05, 3.63) is 58.7 Å². The van der Waals surface area contributed by atoms with Crippen LogP contribution in [0.4, 0.5) is 0 Å². The minimum Gasteiger partial charge on any atom is -0.382 e. The molecule has 0 aliphatic rings. The fraction of sp³-hybridized carbons (Fsp3) is 0.556. The van der Waals surface area contributed by atoms with Gasteiger partial charge in [0.05, 0.1) is 0 Å². The smallest absolute Gasteiger partial charge is 0.251 e. The molecular weight excluding hydrogens is 420 g/mol. The summed E-state index contributed by atoms with van der Waals surface area (Å²) in [5.74, 6) is -0.0375. The van der Waals surface area contributed by atoms with Crippen molar-refractivity contribution >= 4 is 23.7 Å². The lowest BCUT2D eigenvalue weighted by Gasteiger charge is -2.16. The molecule has 0 aromatic rings. The van der Waals surface area contributed by atoms with E-state index in [0.717, 1.165) is 36.8 Å². The second-order valence-corrected chi connectivity index (χ2v) is 8.05. The molecule has 4 nitrogen and oxygen atoms in total. The number of amides is 1. The molecule has 0 bridgehead atoms. The molecule has 5 heteroatoms. The number of allylic oxidation sites excluding steroid dienone is 7. The van der Waals surface area contributed by atoms with E-state index in [4.69, 9.17) is 21.7 Å². The zero-order valence-electron chi connectivity index (χ0n) is 20.6. The van der Waals surface area contributed by atoms with Gasteiger partial charge in [0.1, 0.15) is 0 Å². The monoisotopic (exact) mass is 462 g/mol. The molecule has 0 heterocycles. The molecule has 0 aliphatic heterocycles. The molecule has 1 amide bonds. The van der Waals surface area contributed by atoms with Crippen molar-refractivity contribution in [1.82, 2.24) is 5.32 Å². The van der Waals surface area contributed by atoms with Crippen LogP contribution in [0.2, 0.25) is 0 Å². The van der Waals surface area contributed by atoms with E-state index >= 15 is 0 Å². The van der Waals surface area contributed by atoms with Crippen molar-refractivity contribution in [3.8, 4) is 0 Å². The second-order valence-electron chi connectivity index (χ2n) is 7.80. The van der Waals surface area contributed by atoms with Gasteiger partial charge < -0.3 is 15.5 Å². The molecule has 0 spiro atoms. The standard InChI is InChI=1S/C27H43ClN2O2/c1-6-12-23(8-3)19-26(27(31)30-22(5)14-11-17-32-9-4)20-24(13-7-2)18-25(21-29)15-10-16-28/h7,10,12-13,16,19-22,25,29H,6,8-9,11,14-15,17-18H2,1-5H3,(H,30,31)/b13-7+,16-10+,23-12+,24-20+,26-19+,29-21?. The van der Waals surface area contributed by atoms with Gasteiger partial charge in [-0.05, 0) is 83.2 Å². The summed E-state index contributed by atoms with van der Waals surface area (Å²) in [5.41, 5.74) is 4.30. The third-order valence-electron chi connectivity index (χ3n) is 4.97. The van der Waals surface area contributed by atoms with Gasteiger partial charge in [-0.15, -0.1) is 0 Å². The van der Waals surface area contributed by atoms with Gasteiger partial charge in [-0.25, -0.2) is 0 Å². The van der Waals surface area contributed by atoms with E-state index < -0.39 is 0 Å². The summed E-state index contributed by atoms with van der Waals surface area (Å²) < 4.78 is 5.41. The predicted octanol–water partition coefficient (Wildman–Crippen LogP) is 7.28. The lowest BCUT2D eigenvalue weighted by atomic mass is 9.94. The van der Waals surface area contributed by atoms with Crippen LogP contribution in [0.5, 0.6) is 0 Å². The van der Waals surface area contributed by atoms with Crippen LogP contribution in [0.1, 0.15) is 73.1 Å². The highest BCUT2D eigenvalue weighted by Gasteiger charge is 2.14. The first kappa shape index (κ1) is 30.1. The topological polar surface area (TPSA) is 62.2 Å². The largest absolute Gasteiger partial charge is 0.382 e. The molecule has 2 atom stereocenters. The number of rotatable bonds is 17. The Morgan fingerprint density at radius 1 is 1.19 bits per heavy atom. The number of hydrogen-bond donors (Lipinski definition) is 2. The van der Waals surface area contributed by atoms with Crippen LogP contribution in [0, 0.1) is 11.3 Å². The highest BCUT2D eigenvalue weighted by atomic mass is 35.5. The van der Waals surface area contributed by atoms with Crippen molar-refractivity contribution in [2.75, 3.05) is 13.2 Å². The van der Waals surface area contributed by atoms with Gasteiger partial charge in [0.15, 0.2) is 0 Å². The zero-order valence-corrected chi connectivity index (χ0v) is 21.4. The van der Waals surface area contributed by atoms with E-state index in [0.29, 0.717) is 31.6 Å². The molecule has 0 aromatic heterocycles. The van der Waals surface area contributed by atoms with Crippen molar-refractivity contribution in [3.63, 3.8) is 0 Å². The maximum Gasteiger partial charge on any atom is 0.251 e. The van der Waals surface area contributed by atoms with E-state index in [-0.39, 0.29) is 17.9 Å². The van der Waals surface area contributed by atoms with Crippen LogP contribution in [0.3, 0.4) is 0 Å². The summed E-state index contributed by atoms with van der Waals surface area (Å²) in [7, 11) is 0. The maximum absolute atomic E-state index is 13.2. The molecule has 0 radical (unpaired) electrons. The van der Waals surface area contributed by atoms with Gasteiger partial charge in [0.25, 0.3) is 5.91 Å². The summed E-state index contributed by atoms with van der Waals surface area (Å²) >= 11 is 5.67. The maximum atomic E-state index is 13.2. The van der Waals surface area contributed by atoms with Gasteiger partial charge in [0, 0.05) is 36.3 Å². The summed E-state index contributed by atoms with van der Waals surface area (Å²) in [5, 5.41) is 10.9. The molecule has 0 saturated carbocycles. The first-order chi connectivity index (χ1) is 15.4. The molecule has 0 fully saturated rings. The molecule has 2 N–H and O–H groups in total. The Bertz CT molecular complexity index is 690. The fourth-order valence-corrected chi connectivity index (χ4v) is 3.39. The predicted molar refractivity (Wildman–Crippen MR) is 139 cm³/mol. The molecule has 0 aromatic carbocycles. The quantitative estimate of drug-likeness (QED) is 0.103. The van der Waals surface area contributed by atoms with E-state index in [1.807, 2.05) is 51.2 Å². The summed E-state index contributed by atoms with van der Waals surface area (Å²) in [4.78, 5) is 13.2. The molecule has 32 heavy (non-hydrogen) atoms. The van der Waals surface area contributed by atoms with Gasteiger partial charge in [-0.3, -0.25) is 4.79 Å². The van der Waals surface area contributed by atoms with Crippen molar-refractivity contribution in [1.29, 1.82) is 5.41 Å². The van der Waals surface area contributed by atoms with E-state index in [1.165, 1.54) is 11.7 Å². The number of halogens is 1. The van der Waals surface area contributed by atoms with Crippen molar-refractivity contribution < 1.29 is 9.53 Å². The third kappa shape index (κ3) is 14.2. The Kier molecular flexibility index (Phi) is 18.6. The Labute approximate surface area is 201 Å². The van der Waals surface area contributed by atoms with Crippen LogP contribution < -0.4 is 5.32 Å². The van der Waals surface area contributed by atoms with Crippen molar-refractivity contribution in [2.45, 2.75) is 79.2 Å². The van der Waals surface area contributed by atoms with Gasteiger partial charge in [0.2, 0.25) is 0 Å². The minimum absolute atomic E-state index is 0.0334. The highest BCUT2D eigenvalue weighted by Crippen LogP contribution is 2.20. The summed E-state index contributed by atoms with van der Waals surface area (Å²) in [6.07, 6.45) is 18.4. The van der Waals surface area contributed by atoms with Crippen LogP contribution in [0.25, 0.3) is 0 Å². The lowest BCUT2D eigenvalue weighted by Crippen LogP contribution is -2.33. The van der Waals surface area contributed by atoms with Crippen molar-refractivity contribution in [2.24, 2.45) is 5.92 Å². The molecule has 0 aliphatic carbocycles. The molecule has 180 valence electrons. The van der Waals surface area contributed by atoms with Gasteiger partial charge in [-0.2, -0.15) is 0 Å². The fourth-order valence-electron chi connectivity index (χ4n) is 3.28. The summed E-state index contributed by atoms with van der Waals surface area (Å²) in [6.45, 7) is 11.6. The number of hydrogen-bond acceptors (Lipinski definition) is 3. The average Bonchev–Trinajstić information content (AvgIpc) is 2.78. The number of carbonyl (C=O) groups excluding carboxylic acids is 1. The second kappa shape index (κ2) is 19.8.